The third-order valence-electron chi connectivity index (χ3n) is 3.05. The van der Waals surface area contributed by atoms with Gasteiger partial charge in [-0.15, -0.1) is 0 Å². The van der Waals surface area contributed by atoms with Crippen LogP contribution in [0.5, 0.6) is 0 Å². The minimum Gasteiger partial charge on any atom is -0.354 e. The summed E-state index contributed by atoms with van der Waals surface area (Å²) in [6.45, 7) is 0.554. The van der Waals surface area contributed by atoms with E-state index in [4.69, 9.17) is 0 Å². The Bertz CT molecular complexity index is 616. The average Bonchev–Trinajstić information content (AvgIpc) is 2.84. The van der Waals surface area contributed by atoms with E-state index in [0.29, 0.717) is 12.1 Å². The van der Waals surface area contributed by atoms with Crippen LogP contribution in [0.3, 0.4) is 0 Å². The van der Waals surface area contributed by atoms with Crippen molar-refractivity contribution in [2.75, 3.05) is 6.54 Å². The van der Waals surface area contributed by atoms with Crippen LogP contribution < -0.4 is 5.32 Å². The van der Waals surface area contributed by atoms with Gasteiger partial charge in [-0.1, -0.05) is 18.2 Å². The van der Waals surface area contributed by atoms with Gasteiger partial charge in [0.15, 0.2) is 0 Å². The fourth-order valence-electron chi connectivity index (χ4n) is 1.90. The van der Waals surface area contributed by atoms with E-state index in [1.807, 2.05) is 29.9 Å². The Morgan fingerprint density at radius 1 is 1.30 bits per heavy atom. The molecule has 2 rings (SSSR count). The topological polar surface area (TPSA) is 34.0 Å². The Balaban J connectivity index is 1.81. The number of rotatable bonds is 5. The van der Waals surface area contributed by atoms with Crippen LogP contribution >= 0.6 is 0 Å². The highest BCUT2D eigenvalue weighted by Crippen LogP contribution is 2.07. The first-order valence-corrected chi connectivity index (χ1v) is 6.47. The fraction of sp³-hybridized carbons (Fsp3) is 0.188. The Morgan fingerprint density at radius 2 is 2.10 bits per heavy atom. The van der Waals surface area contributed by atoms with E-state index >= 15 is 0 Å². The molecule has 104 valence electrons. The molecule has 0 saturated heterocycles. The molecule has 1 amide bonds. The largest absolute Gasteiger partial charge is 0.354 e. The minimum absolute atomic E-state index is 0.220. The molecular weight excluding hydrogens is 255 g/mol. The lowest BCUT2D eigenvalue weighted by Gasteiger charge is -2.04. The van der Waals surface area contributed by atoms with Crippen LogP contribution in [-0.2, 0) is 18.3 Å². The summed E-state index contributed by atoms with van der Waals surface area (Å²) in [6, 6.07) is 10.3. The van der Waals surface area contributed by atoms with Crippen molar-refractivity contribution in [3.05, 3.63) is 65.7 Å². The van der Waals surface area contributed by atoms with Gasteiger partial charge in [-0.2, -0.15) is 0 Å². The molecule has 0 aliphatic heterocycles. The van der Waals surface area contributed by atoms with Crippen LogP contribution in [0, 0.1) is 5.82 Å². The molecule has 1 heterocycles. The van der Waals surface area contributed by atoms with E-state index in [2.05, 4.69) is 5.32 Å². The van der Waals surface area contributed by atoms with Gasteiger partial charge >= 0.3 is 0 Å². The van der Waals surface area contributed by atoms with Crippen molar-refractivity contribution in [1.29, 1.82) is 0 Å². The number of carbonyl (C=O) groups excluding carboxylic acids is 1. The molecule has 0 radical (unpaired) electrons. The van der Waals surface area contributed by atoms with Gasteiger partial charge in [0.25, 0.3) is 0 Å². The number of amides is 1. The van der Waals surface area contributed by atoms with E-state index in [1.54, 1.807) is 18.2 Å². The Labute approximate surface area is 117 Å². The SMILES string of the molecule is Cn1cccc1CCNC(=O)/C=C/c1ccccc1F. The fourth-order valence-corrected chi connectivity index (χ4v) is 1.90. The van der Waals surface area contributed by atoms with Crippen molar-refractivity contribution in [1.82, 2.24) is 9.88 Å². The molecular formula is C16H17FN2O. The van der Waals surface area contributed by atoms with Gasteiger partial charge < -0.3 is 9.88 Å². The summed E-state index contributed by atoms with van der Waals surface area (Å²) in [4.78, 5) is 11.6. The third kappa shape index (κ3) is 3.82. The molecule has 0 unspecified atom stereocenters. The molecule has 0 atom stereocenters. The predicted molar refractivity (Wildman–Crippen MR) is 77.6 cm³/mol. The smallest absolute Gasteiger partial charge is 0.244 e. The van der Waals surface area contributed by atoms with Gasteiger partial charge in [0.05, 0.1) is 0 Å². The van der Waals surface area contributed by atoms with Crippen LogP contribution in [-0.4, -0.2) is 17.0 Å². The second kappa shape index (κ2) is 6.70. The normalized spacial score (nSPS) is 10.9. The van der Waals surface area contributed by atoms with Crippen LogP contribution in [0.15, 0.2) is 48.7 Å². The Hall–Kier alpha value is -2.36. The maximum absolute atomic E-state index is 13.3. The van der Waals surface area contributed by atoms with Crippen molar-refractivity contribution in [3.8, 4) is 0 Å². The van der Waals surface area contributed by atoms with E-state index < -0.39 is 0 Å². The zero-order valence-corrected chi connectivity index (χ0v) is 11.3. The van der Waals surface area contributed by atoms with Gasteiger partial charge in [0, 0.05) is 43.5 Å². The first-order chi connectivity index (χ1) is 9.66. The molecule has 0 saturated carbocycles. The number of benzene rings is 1. The predicted octanol–water partition coefficient (Wildman–Crippen LogP) is 2.54. The quantitative estimate of drug-likeness (QED) is 0.834. The van der Waals surface area contributed by atoms with E-state index in [1.165, 1.54) is 18.2 Å². The number of nitrogens with zero attached hydrogens (tertiary/aromatic N) is 1. The number of halogens is 1. The molecule has 4 heteroatoms. The van der Waals surface area contributed by atoms with Gasteiger partial charge in [0.1, 0.15) is 5.82 Å². The van der Waals surface area contributed by atoms with Gasteiger partial charge in [-0.3, -0.25) is 4.79 Å². The minimum atomic E-state index is -0.333. The summed E-state index contributed by atoms with van der Waals surface area (Å²) < 4.78 is 15.4. The first-order valence-electron chi connectivity index (χ1n) is 6.47. The first kappa shape index (κ1) is 14.1. The maximum atomic E-state index is 13.3. The highest BCUT2D eigenvalue weighted by atomic mass is 19.1. The van der Waals surface area contributed by atoms with Crippen molar-refractivity contribution >= 4 is 12.0 Å². The van der Waals surface area contributed by atoms with E-state index in [0.717, 1.165) is 12.1 Å². The summed E-state index contributed by atoms with van der Waals surface area (Å²) in [6.07, 6.45) is 5.56. The molecule has 0 aliphatic carbocycles. The number of aryl methyl sites for hydroxylation is 1. The Kier molecular flexibility index (Phi) is 4.71. The van der Waals surface area contributed by atoms with Crippen molar-refractivity contribution < 1.29 is 9.18 Å². The molecule has 1 N–H and O–H groups in total. The summed E-state index contributed by atoms with van der Waals surface area (Å²) in [5.74, 6) is -0.553. The lowest BCUT2D eigenvalue weighted by Crippen LogP contribution is -2.24. The van der Waals surface area contributed by atoms with E-state index in [-0.39, 0.29) is 11.7 Å². The molecule has 20 heavy (non-hydrogen) atoms. The molecule has 0 aliphatic rings. The monoisotopic (exact) mass is 272 g/mol. The van der Waals surface area contributed by atoms with Crippen LogP contribution in [0.2, 0.25) is 0 Å². The summed E-state index contributed by atoms with van der Waals surface area (Å²) in [5.41, 5.74) is 1.56. The van der Waals surface area contributed by atoms with Crippen molar-refractivity contribution in [2.24, 2.45) is 7.05 Å². The lowest BCUT2D eigenvalue weighted by atomic mass is 10.2. The highest BCUT2D eigenvalue weighted by Gasteiger charge is 2.00. The van der Waals surface area contributed by atoms with Crippen LogP contribution in [0.4, 0.5) is 4.39 Å². The number of nitrogens with one attached hydrogen (secondary N) is 1. The third-order valence-corrected chi connectivity index (χ3v) is 3.05. The zero-order valence-electron chi connectivity index (χ0n) is 11.3. The molecule has 0 spiro atoms. The molecule has 1 aromatic heterocycles. The van der Waals surface area contributed by atoms with Crippen molar-refractivity contribution in [3.63, 3.8) is 0 Å². The molecule has 0 bridgehead atoms. The number of hydrogen-bond acceptors (Lipinski definition) is 1. The number of carbonyl (C=O) groups is 1. The number of hydrogen-bond donors (Lipinski definition) is 1. The summed E-state index contributed by atoms with van der Waals surface area (Å²) in [7, 11) is 1.97. The highest BCUT2D eigenvalue weighted by molar-refractivity contribution is 5.91. The van der Waals surface area contributed by atoms with Crippen LogP contribution in [0.1, 0.15) is 11.3 Å². The van der Waals surface area contributed by atoms with Gasteiger partial charge in [-0.25, -0.2) is 4.39 Å². The molecule has 0 fully saturated rings. The lowest BCUT2D eigenvalue weighted by molar-refractivity contribution is -0.116. The Morgan fingerprint density at radius 3 is 2.80 bits per heavy atom. The van der Waals surface area contributed by atoms with Crippen molar-refractivity contribution in [2.45, 2.75) is 6.42 Å². The summed E-state index contributed by atoms with van der Waals surface area (Å²) >= 11 is 0. The zero-order chi connectivity index (χ0) is 14.4. The van der Waals surface area contributed by atoms with Gasteiger partial charge in [0.2, 0.25) is 5.91 Å². The van der Waals surface area contributed by atoms with Gasteiger partial charge in [-0.05, 0) is 24.3 Å². The van der Waals surface area contributed by atoms with Crippen LogP contribution in [0.25, 0.3) is 6.08 Å². The molecule has 2 aromatic rings. The molecule has 1 aromatic carbocycles. The summed E-state index contributed by atoms with van der Waals surface area (Å²) in [5, 5.41) is 2.78. The molecule has 3 nitrogen and oxygen atoms in total. The average molecular weight is 272 g/mol. The number of aromatic nitrogens is 1. The second-order valence-electron chi connectivity index (χ2n) is 4.51. The maximum Gasteiger partial charge on any atom is 0.244 e. The standard InChI is InChI=1S/C16H17FN2O/c1-19-12-4-6-14(19)10-11-18-16(20)9-8-13-5-2-3-7-15(13)17/h2-9,12H,10-11H2,1H3,(H,18,20)/b9-8+. The van der Waals surface area contributed by atoms with E-state index in [9.17, 15) is 9.18 Å². The second-order valence-corrected chi connectivity index (χ2v) is 4.51.